The molecular formula is C28H34N6O8S. The molecule has 0 radical (unpaired) electrons. The monoisotopic (exact) mass is 614 g/mol. The van der Waals surface area contributed by atoms with Crippen molar-refractivity contribution in [2.45, 2.75) is 31.0 Å². The molecule has 3 amide bonds. The third kappa shape index (κ3) is 6.23. The summed E-state index contributed by atoms with van der Waals surface area (Å²) in [6.07, 6.45) is 2.06. The number of anilines is 2. The van der Waals surface area contributed by atoms with Gasteiger partial charge in [0.25, 0.3) is 15.9 Å². The third-order valence-corrected chi connectivity index (χ3v) is 9.07. The highest BCUT2D eigenvalue weighted by Crippen LogP contribution is 2.36. The van der Waals surface area contributed by atoms with E-state index in [1.807, 2.05) is 6.92 Å². The zero-order chi connectivity index (χ0) is 30.9. The van der Waals surface area contributed by atoms with Crippen molar-refractivity contribution in [3.05, 3.63) is 54.5 Å². The van der Waals surface area contributed by atoms with Gasteiger partial charge in [-0.1, -0.05) is 13.0 Å². The van der Waals surface area contributed by atoms with E-state index in [2.05, 4.69) is 15.6 Å². The van der Waals surface area contributed by atoms with Crippen LogP contribution in [0, 0.1) is 5.92 Å². The van der Waals surface area contributed by atoms with Crippen LogP contribution in [0.25, 0.3) is 0 Å². The van der Waals surface area contributed by atoms with Gasteiger partial charge in [0, 0.05) is 44.5 Å². The minimum absolute atomic E-state index is 0.0766. The van der Waals surface area contributed by atoms with Crippen LogP contribution < -0.4 is 24.8 Å². The number of nitrogens with one attached hydrogen (secondary N) is 2. The van der Waals surface area contributed by atoms with E-state index in [0.29, 0.717) is 17.2 Å². The van der Waals surface area contributed by atoms with E-state index in [1.54, 1.807) is 50.4 Å². The van der Waals surface area contributed by atoms with Crippen molar-refractivity contribution in [2.24, 2.45) is 13.0 Å². The molecule has 43 heavy (non-hydrogen) atoms. The summed E-state index contributed by atoms with van der Waals surface area (Å²) in [5.74, 6) is 0.387. The Hall–Kier alpha value is -4.34. The molecule has 0 spiro atoms. The number of benzene rings is 2. The molecule has 230 valence electrons. The highest BCUT2D eigenvalue weighted by atomic mass is 32.2. The number of urea groups is 1. The molecule has 2 aliphatic rings. The van der Waals surface area contributed by atoms with Gasteiger partial charge in [-0.15, -0.1) is 0 Å². The largest absolute Gasteiger partial charge is 0.486 e. The van der Waals surface area contributed by atoms with Crippen LogP contribution in [0.15, 0.2) is 53.9 Å². The maximum Gasteiger partial charge on any atom is 0.323 e. The van der Waals surface area contributed by atoms with Gasteiger partial charge in [0.2, 0.25) is 6.79 Å². The zero-order valence-electron chi connectivity index (χ0n) is 24.2. The number of sulfonamides is 1. The molecule has 14 nitrogen and oxygen atoms in total. The van der Waals surface area contributed by atoms with Crippen molar-refractivity contribution in [1.29, 1.82) is 0 Å². The van der Waals surface area contributed by atoms with Gasteiger partial charge in [0.15, 0.2) is 22.3 Å². The normalized spacial score (nSPS) is 18.8. The Morgan fingerprint density at radius 1 is 1.21 bits per heavy atom. The lowest BCUT2D eigenvalue weighted by Crippen LogP contribution is -2.50. The van der Waals surface area contributed by atoms with Crippen molar-refractivity contribution < 1.29 is 37.3 Å². The first-order chi connectivity index (χ1) is 20.5. The van der Waals surface area contributed by atoms with Crippen molar-refractivity contribution in [3.63, 3.8) is 0 Å². The summed E-state index contributed by atoms with van der Waals surface area (Å²) in [6, 6.07) is 8.59. The van der Waals surface area contributed by atoms with Gasteiger partial charge in [-0.2, -0.15) is 4.31 Å². The van der Waals surface area contributed by atoms with Crippen molar-refractivity contribution >= 4 is 33.3 Å². The third-order valence-electron chi connectivity index (χ3n) is 7.36. The SMILES string of the molecule is C[C@H](CO)N1C[C@H](C)[C@H](CN(C)S(=O)(=O)c2cn(C)cn2)Oc2c(NC(=O)Nc3ccc4c(c3)OCO4)cccc2C1=O. The first-order valence-corrected chi connectivity index (χ1v) is 15.1. The number of likely N-dealkylation sites (N-methyl/N-ethyl adjacent to an activating group) is 1. The number of amides is 3. The minimum Gasteiger partial charge on any atom is -0.486 e. The molecule has 3 heterocycles. The van der Waals surface area contributed by atoms with Crippen LogP contribution in [0.4, 0.5) is 16.2 Å². The first-order valence-electron chi connectivity index (χ1n) is 13.6. The van der Waals surface area contributed by atoms with E-state index < -0.39 is 34.1 Å². The molecule has 0 saturated heterocycles. The number of hydrogen-bond acceptors (Lipinski definition) is 9. The molecule has 5 rings (SSSR count). The zero-order valence-corrected chi connectivity index (χ0v) is 25.0. The quantitative estimate of drug-likeness (QED) is 0.345. The highest BCUT2D eigenvalue weighted by molar-refractivity contribution is 7.89. The Morgan fingerprint density at radius 2 is 1.98 bits per heavy atom. The van der Waals surface area contributed by atoms with E-state index in [0.717, 1.165) is 4.31 Å². The van der Waals surface area contributed by atoms with Crippen LogP contribution in [0.2, 0.25) is 0 Å². The fraction of sp³-hybridized carbons (Fsp3) is 0.393. The second kappa shape index (κ2) is 12.1. The minimum atomic E-state index is -3.95. The Kier molecular flexibility index (Phi) is 8.48. The predicted molar refractivity (Wildman–Crippen MR) is 156 cm³/mol. The van der Waals surface area contributed by atoms with Gasteiger partial charge in [-0.05, 0) is 31.2 Å². The number of nitrogens with zero attached hydrogens (tertiary/aromatic N) is 4. The van der Waals surface area contributed by atoms with Crippen LogP contribution in [-0.2, 0) is 17.1 Å². The van der Waals surface area contributed by atoms with Crippen LogP contribution in [0.5, 0.6) is 17.2 Å². The summed E-state index contributed by atoms with van der Waals surface area (Å²) in [5.41, 5.74) is 0.816. The lowest BCUT2D eigenvalue weighted by molar-refractivity contribution is 0.0389. The molecule has 0 unspecified atom stereocenters. The lowest BCUT2D eigenvalue weighted by atomic mass is 9.99. The first kappa shape index (κ1) is 30.1. The fourth-order valence-corrected chi connectivity index (χ4v) is 5.99. The lowest BCUT2D eigenvalue weighted by Gasteiger charge is -2.38. The Bertz CT molecular complexity index is 1630. The number of aliphatic hydroxyl groups is 1. The Morgan fingerprint density at radius 3 is 2.70 bits per heavy atom. The molecule has 0 aliphatic carbocycles. The van der Waals surface area contributed by atoms with E-state index in [4.69, 9.17) is 14.2 Å². The number of hydrogen-bond donors (Lipinski definition) is 3. The van der Waals surface area contributed by atoms with Crippen LogP contribution >= 0.6 is 0 Å². The molecule has 3 atom stereocenters. The van der Waals surface area contributed by atoms with Gasteiger partial charge in [-0.3, -0.25) is 4.79 Å². The van der Waals surface area contributed by atoms with Crippen molar-refractivity contribution in [1.82, 2.24) is 18.8 Å². The number of rotatable bonds is 8. The molecule has 0 saturated carbocycles. The number of aromatic nitrogens is 2. The van der Waals surface area contributed by atoms with E-state index in [1.165, 1.54) is 29.0 Å². The van der Waals surface area contributed by atoms with Gasteiger partial charge in [-0.25, -0.2) is 18.2 Å². The number of para-hydroxylation sites is 1. The number of imidazole rings is 1. The molecule has 2 aliphatic heterocycles. The van der Waals surface area contributed by atoms with Crippen LogP contribution in [-0.4, -0.2) is 89.9 Å². The Labute approximate surface area is 249 Å². The molecule has 0 fully saturated rings. The molecule has 3 N–H and O–H groups in total. The van der Waals surface area contributed by atoms with Crippen LogP contribution in [0.1, 0.15) is 24.2 Å². The Balaban J connectivity index is 1.45. The molecule has 15 heteroatoms. The number of ether oxygens (including phenoxy) is 3. The maximum absolute atomic E-state index is 13.7. The summed E-state index contributed by atoms with van der Waals surface area (Å²) in [6.45, 7) is 3.50. The topological polar surface area (TPSA) is 165 Å². The predicted octanol–water partition coefficient (Wildman–Crippen LogP) is 2.33. The van der Waals surface area contributed by atoms with E-state index in [-0.39, 0.29) is 54.4 Å². The fourth-order valence-electron chi connectivity index (χ4n) is 4.85. The summed E-state index contributed by atoms with van der Waals surface area (Å²) >= 11 is 0. The highest BCUT2D eigenvalue weighted by Gasteiger charge is 2.36. The smallest absolute Gasteiger partial charge is 0.323 e. The summed E-state index contributed by atoms with van der Waals surface area (Å²) in [7, 11) is -0.844. The summed E-state index contributed by atoms with van der Waals surface area (Å²) < 4.78 is 46.3. The molecular weight excluding hydrogens is 580 g/mol. The standard InChI is InChI=1S/C28H34N6O8S/c1-17-11-34(18(2)14-35)27(36)20-6-5-7-21(31-28(37)30-19-8-9-22-23(10-19)41-16-40-22)26(20)42-24(17)12-33(4)43(38,39)25-13-32(3)15-29-25/h5-10,13,15,17-18,24,35H,11-12,14,16H2,1-4H3,(H2,30,31,37)/t17-,18+,24-/m0/s1. The van der Waals surface area contributed by atoms with Gasteiger partial charge in [0.05, 0.1) is 36.8 Å². The second-order valence-electron chi connectivity index (χ2n) is 10.6. The number of carbonyl (C=O) groups is 2. The molecule has 2 aromatic carbocycles. The molecule has 0 bridgehead atoms. The van der Waals surface area contributed by atoms with Crippen molar-refractivity contribution in [3.8, 4) is 17.2 Å². The van der Waals surface area contributed by atoms with E-state index >= 15 is 0 Å². The van der Waals surface area contributed by atoms with Gasteiger partial charge in [0.1, 0.15) is 6.10 Å². The summed E-state index contributed by atoms with van der Waals surface area (Å²) in [4.78, 5) is 32.3. The second-order valence-corrected chi connectivity index (χ2v) is 12.6. The van der Waals surface area contributed by atoms with Gasteiger partial charge >= 0.3 is 6.03 Å². The maximum atomic E-state index is 13.7. The summed E-state index contributed by atoms with van der Waals surface area (Å²) in [5, 5.41) is 15.3. The number of fused-ring (bicyclic) bond motifs is 2. The molecule has 3 aromatic rings. The average molecular weight is 615 g/mol. The van der Waals surface area contributed by atoms with Crippen molar-refractivity contribution in [2.75, 3.05) is 44.2 Å². The number of aryl methyl sites for hydroxylation is 1. The number of carbonyl (C=O) groups excluding carboxylic acids is 2. The number of aliphatic hydroxyl groups excluding tert-OH is 1. The average Bonchev–Trinajstić information content (AvgIpc) is 3.63. The molecule has 1 aromatic heterocycles. The van der Waals surface area contributed by atoms with Gasteiger partial charge < -0.3 is 39.4 Å². The van der Waals surface area contributed by atoms with Crippen LogP contribution in [0.3, 0.4) is 0 Å². The van der Waals surface area contributed by atoms with E-state index in [9.17, 15) is 23.1 Å².